The lowest BCUT2D eigenvalue weighted by molar-refractivity contribution is 0.427. The van der Waals surface area contributed by atoms with Gasteiger partial charge in [-0.15, -0.1) is 0 Å². The van der Waals surface area contributed by atoms with E-state index in [0.29, 0.717) is 22.6 Å². The van der Waals surface area contributed by atoms with Crippen LogP contribution < -0.4 is 5.14 Å². The molecule has 1 heterocycles. The maximum atomic E-state index is 11.9. The van der Waals surface area contributed by atoms with Crippen molar-refractivity contribution >= 4 is 10.0 Å². The molecular weight excluding hydrogens is 312 g/mol. The summed E-state index contributed by atoms with van der Waals surface area (Å²) in [6, 6.07) is 14.3. The molecule has 2 N–H and O–H groups in total. The molecule has 1 aromatic heterocycles. The predicted molar refractivity (Wildman–Crippen MR) is 88.2 cm³/mol. The Morgan fingerprint density at radius 3 is 2.30 bits per heavy atom. The molecule has 0 saturated carbocycles. The molecule has 0 atom stereocenters. The molecule has 0 radical (unpaired) electrons. The third-order valence-electron chi connectivity index (χ3n) is 3.64. The van der Waals surface area contributed by atoms with Crippen LogP contribution in [-0.2, 0) is 10.0 Å². The first-order valence-corrected chi connectivity index (χ1v) is 8.58. The van der Waals surface area contributed by atoms with Crippen LogP contribution in [0.15, 0.2) is 57.9 Å². The number of primary sulfonamides is 1. The third-order valence-corrected chi connectivity index (χ3v) is 4.61. The molecule has 6 heteroatoms. The summed E-state index contributed by atoms with van der Waals surface area (Å²) in [5.41, 5.74) is 3.69. The van der Waals surface area contributed by atoms with E-state index in [0.717, 1.165) is 11.1 Å². The Hall–Kier alpha value is -2.44. The summed E-state index contributed by atoms with van der Waals surface area (Å²) in [6.45, 7) is 3.77. The molecule has 0 spiro atoms. The van der Waals surface area contributed by atoms with Crippen LogP contribution in [0.3, 0.4) is 0 Å². The van der Waals surface area contributed by atoms with Crippen LogP contribution >= 0.6 is 0 Å². The average Bonchev–Trinajstić information content (AvgIpc) is 2.89. The second kappa shape index (κ2) is 5.64. The molecule has 0 aliphatic rings. The highest BCUT2D eigenvalue weighted by Crippen LogP contribution is 2.37. The van der Waals surface area contributed by atoms with Gasteiger partial charge in [-0.1, -0.05) is 53.2 Å². The molecule has 3 aromatic rings. The summed E-state index contributed by atoms with van der Waals surface area (Å²) in [7, 11) is -3.85. The Kier molecular flexibility index (Phi) is 3.79. The summed E-state index contributed by atoms with van der Waals surface area (Å²) >= 11 is 0. The van der Waals surface area contributed by atoms with Crippen LogP contribution in [0.1, 0.15) is 11.3 Å². The van der Waals surface area contributed by atoms with Gasteiger partial charge in [-0.25, -0.2) is 13.6 Å². The average molecular weight is 328 g/mol. The van der Waals surface area contributed by atoms with E-state index in [1.807, 2.05) is 31.2 Å². The van der Waals surface area contributed by atoms with Crippen molar-refractivity contribution in [2.75, 3.05) is 0 Å². The highest BCUT2D eigenvalue weighted by molar-refractivity contribution is 7.89. The number of sulfonamides is 1. The topological polar surface area (TPSA) is 86.2 Å². The zero-order valence-corrected chi connectivity index (χ0v) is 13.6. The van der Waals surface area contributed by atoms with Crippen LogP contribution in [0.4, 0.5) is 0 Å². The largest absolute Gasteiger partial charge is 0.355 e. The standard InChI is InChI=1S/C17H16N2O3S/c1-11-7-9-13(10-8-11)17-16(12(2)19-22-17)14-5-3-4-6-15(14)23(18,20)21/h3-10H,1-2H3,(H2,18,20,21). The van der Waals surface area contributed by atoms with Crippen LogP contribution in [0.2, 0.25) is 0 Å². The third kappa shape index (κ3) is 2.91. The zero-order chi connectivity index (χ0) is 16.6. The second-order valence-electron chi connectivity index (χ2n) is 5.38. The zero-order valence-electron chi connectivity index (χ0n) is 12.8. The SMILES string of the molecule is Cc1ccc(-c2onc(C)c2-c2ccccc2S(N)(=O)=O)cc1. The van der Waals surface area contributed by atoms with Gasteiger partial charge in [0.1, 0.15) is 0 Å². The van der Waals surface area contributed by atoms with E-state index in [9.17, 15) is 8.42 Å². The van der Waals surface area contributed by atoms with Crippen molar-refractivity contribution in [3.8, 4) is 22.5 Å². The molecule has 0 fully saturated rings. The van der Waals surface area contributed by atoms with Gasteiger partial charge in [0.05, 0.1) is 16.2 Å². The number of aryl methyl sites for hydroxylation is 2. The molecular formula is C17H16N2O3S. The van der Waals surface area contributed by atoms with Crippen LogP contribution in [0.25, 0.3) is 22.5 Å². The minimum absolute atomic E-state index is 0.0552. The van der Waals surface area contributed by atoms with Crippen molar-refractivity contribution in [1.82, 2.24) is 5.16 Å². The Morgan fingerprint density at radius 1 is 1.00 bits per heavy atom. The highest BCUT2D eigenvalue weighted by Gasteiger charge is 2.22. The molecule has 0 amide bonds. The Labute approximate surface area is 134 Å². The number of nitrogens with zero attached hydrogens (tertiary/aromatic N) is 1. The number of nitrogens with two attached hydrogens (primary N) is 1. The number of hydrogen-bond acceptors (Lipinski definition) is 4. The fourth-order valence-electron chi connectivity index (χ4n) is 2.51. The quantitative estimate of drug-likeness (QED) is 0.799. The van der Waals surface area contributed by atoms with E-state index in [1.54, 1.807) is 25.1 Å². The molecule has 118 valence electrons. The van der Waals surface area contributed by atoms with Crippen molar-refractivity contribution in [3.63, 3.8) is 0 Å². The fourth-order valence-corrected chi connectivity index (χ4v) is 3.26. The lowest BCUT2D eigenvalue weighted by Crippen LogP contribution is -2.13. The van der Waals surface area contributed by atoms with E-state index in [1.165, 1.54) is 6.07 Å². The molecule has 23 heavy (non-hydrogen) atoms. The highest BCUT2D eigenvalue weighted by atomic mass is 32.2. The van der Waals surface area contributed by atoms with Gasteiger partial charge in [-0.2, -0.15) is 0 Å². The van der Waals surface area contributed by atoms with Gasteiger partial charge in [-0.3, -0.25) is 0 Å². The number of rotatable bonds is 3. The smallest absolute Gasteiger partial charge is 0.238 e. The maximum Gasteiger partial charge on any atom is 0.238 e. The van der Waals surface area contributed by atoms with Gasteiger partial charge in [-0.05, 0) is 19.9 Å². The minimum atomic E-state index is -3.85. The van der Waals surface area contributed by atoms with Gasteiger partial charge in [0, 0.05) is 11.1 Å². The van der Waals surface area contributed by atoms with Crippen LogP contribution in [0.5, 0.6) is 0 Å². The van der Waals surface area contributed by atoms with Crippen LogP contribution in [0, 0.1) is 13.8 Å². The molecule has 0 aliphatic carbocycles. The molecule has 0 aliphatic heterocycles. The van der Waals surface area contributed by atoms with E-state index in [-0.39, 0.29) is 4.90 Å². The summed E-state index contributed by atoms with van der Waals surface area (Å²) in [5.74, 6) is 0.526. The Morgan fingerprint density at radius 2 is 1.65 bits per heavy atom. The molecule has 3 rings (SSSR count). The summed E-state index contributed by atoms with van der Waals surface area (Å²) in [4.78, 5) is 0.0552. The maximum absolute atomic E-state index is 11.9. The van der Waals surface area contributed by atoms with Gasteiger partial charge < -0.3 is 4.52 Å². The van der Waals surface area contributed by atoms with Crippen molar-refractivity contribution in [2.24, 2.45) is 5.14 Å². The fraction of sp³-hybridized carbons (Fsp3) is 0.118. The van der Waals surface area contributed by atoms with Crippen molar-refractivity contribution in [3.05, 3.63) is 59.8 Å². The van der Waals surface area contributed by atoms with Crippen molar-refractivity contribution < 1.29 is 12.9 Å². The number of aromatic nitrogens is 1. The monoisotopic (exact) mass is 328 g/mol. The first-order valence-electron chi connectivity index (χ1n) is 7.03. The summed E-state index contributed by atoms with van der Waals surface area (Å²) in [5, 5.41) is 9.35. The summed E-state index contributed by atoms with van der Waals surface area (Å²) in [6.07, 6.45) is 0. The lowest BCUT2D eigenvalue weighted by Gasteiger charge is -2.08. The number of benzene rings is 2. The molecule has 0 bridgehead atoms. The Balaban J connectivity index is 2.27. The minimum Gasteiger partial charge on any atom is -0.355 e. The van der Waals surface area contributed by atoms with E-state index >= 15 is 0 Å². The van der Waals surface area contributed by atoms with Gasteiger partial charge in [0.15, 0.2) is 5.76 Å². The first-order chi connectivity index (χ1) is 10.9. The van der Waals surface area contributed by atoms with Gasteiger partial charge >= 0.3 is 0 Å². The molecule has 0 saturated heterocycles. The van der Waals surface area contributed by atoms with Gasteiger partial charge in [0.2, 0.25) is 10.0 Å². The van der Waals surface area contributed by atoms with E-state index in [4.69, 9.17) is 9.66 Å². The first kappa shape index (κ1) is 15.5. The normalized spacial score (nSPS) is 11.6. The number of hydrogen-bond donors (Lipinski definition) is 1. The molecule has 0 unspecified atom stereocenters. The summed E-state index contributed by atoms with van der Waals surface area (Å²) < 4.78 is 29.2. The van der Waals surface area contributed by atoms with Gasteiger partial charge in [0.25, 0.3) is 0 Å². The predicted octanol–water partition coefficient (Wildman–Crippen LogP) is 3.27. The molecule has 5 nitrogen and oxygen atoms in total. The van der Waals surface area contributed by atoms with Crippen molar-refractivity contribution in [2.45, 2.75) is 18.7 Å². The van der Waals surface area contributed by atoms with E-state index < -0.39 is 10.0 Å². The van der Waals surface area contributed by atoms with E-state index in [2.05, 4.69) is 5.16 Å². The van der Waals surface area contributed by atoms with Crippen molar-refractivity contribution in [1.29, 1.82) is 0 Å². The van der Waals surface area contributed by atoms with Crippen LogP contribution in [-0.4, -0.2) is 13.6 Å². The molecule has 2 aromatic carbocycles. The second-order valence-corrected chi connectivity index (χ2v) is 6.91. The Bertz CT molecular complexity index is 958. The lowest BCUT2D eigenvalue weighted by atomic mass is 9.99.